The van der Waals surface area contributed by atoms with E-state index in [1.54, 1.807) is 12.5 Å². The molecule has 10 heteroatoms. The van der Waals surface area contributed by atoms with Crippen molar-refractivity contribution in [3.05, 3.63) is 65.4 Å². The number of rotatable bonds is 2. The van der Waals surface area contributed by atoms with E-state index in [0.29, 0.717) is 18.7 Å². The van der Waals surface area contributed by atoms with Gasteiger partial charge >= 0.3 is 12.1 Å². The van der Waals surface area contributed by atoms with Gasteiger partial charge < -0.3 is 10.0 Å². The van der Waals surface area contributed by atoms with Crippen LogP contribution in [-0.4, -0.2) is 56.1 Å². The summed E-state index contributed by atoms with van der Waals surface area (Å²) in [6.07, 6.45) is 0.722. The van der Waals surface area contributed by atoms with E-state index in [1.165, 1.54) is 5.56 Å². The Bertz CT molecular complexity index is 1130. The molecule has 0 atom stereocenters. The van der Waals surface area contributed by atoms with Gasteiger partial charge in [0.1, 0.15) is 6.33 Å². The maximum absolute atomic E-state index is 13.0. The third kappa shape index (κ3) is 5.37. The molecule has 1 amide bonds. The molecule has 3 aromatic rings. The summed E-state index contributed by atoms with van der Waals surface area (Å²) in [5, 5.41) is 8.12. The number of hydrogen-bond acceptors (Lipinski definition) is 5. The molecule has 3 heterocycles. The molecule has 0 spiro atoms. The van der Waals surface area contributed by atoms with Crippen LogP contribution in [0.5, 0.6) is 0 Å². The van der Waals surface area contributed by atoms with Crippen LogP contribution in [0.3, 0.4) is 0 Å². The lowest BCUT2D eigenvalue weighted by Crippen LogP contribution is -2.33. The van der Waals surface area contributed by atoms with Crippen LogP contribution in [0.1, 0.15) is 34.2 Å². The lowest BCUT2D eigenvalue weighted by atomic mass is 10.1. The van der Waals surface area contributed by atoms with Crippen molar-refractivity contribution in [1.82, 2.24) is 19.9 Å². The maximum atomic E-state index is 13.0. The quantitative estimate of drug-likeness (QED) is 0.648. The highest BCUT2D eigenvalue weighted by Gasteiger charge is 2.38. The highest BCUT2D eigenvalue weighted by Crippen LogP contribution is 2.20. The first kappa shape index (κ1) is 23.1. The van der Waals surface area contributed by atoms with E-state index in [4.69, 9.17) is 9.90 Å². The number of para-hydroxylation sites is 1. The van der Waals surface area contributed by atoms with Gasteiger partial charge in [0.15, 0.2) is 0 Å². The molecule has 168 valence electrons. The van der Waals surface area contributed by atoms with Gasteiger partial charge in [0.25, 0.3) is 5.91 Å². The predicted octanol–water partition coefficient (Wildman–Crippen LogP) is 3.46. The Morgan fingerprint density at radius 1 is 1.09 bits per heavy atom. The van der Waals surface area contributed by atoms with E-state index >= 15 is 0 Å². The van der Waals surface area contributed by atoms with Gasteiger partial charge in [0, 0.05) is 42.5 Å². The third-order valence-electron chi connectivity index (χ3n) is 5.08. The lowest BCUT2D eigenvalue weighted by molar-refractivity contribution is -0.192. The zero-order chi connectivity index (χ0) is 23.3. The van der Waals surface area contributed by atoms with E-state index in [2.05, 4.69) is 21.9 Å². The molecule has 0 bridgehead atoms. The molecule has 1 aliphatic rings. The van der Waals surface area contributed by atoms with Crippen LogP contribution in [-0.2, 0) is 24.1 Å². The summed E-state index contributed by atoms with van der Waals surface area (Å²) in [5.41, 5.74) is 4.96. The molecule has 0 radical (unpaired) electrons. The first-order chi connectivity index (χ1) is 15.2. The average Bonchev–Trinajstić information content (AvgIpc) is 3.00. The minimum Gasteiger partial charge on any atom is -0.475 e. The third-order valence-corrected chi connectivity index (χ3v) is 5.08. The molecule has 1 aliphatic heterocycles. The van der Waals surface area contributed by atoms with Gasteiger partial charge in [-0.1, -0.05) is 25.1 Å². The number of carbonyl (C=O) groups excluding carboxylic acids is 1. The number of pyridine rings is 1. The number of nitrogens with zero attached hydrogens (tertiary/aromatic N) is 4. The molecule has 0 fully saturated rings. The van der Waals surface area contributed by atoms with Gasteiger partial charge in [-0.05, 0) is 30.5 Å². The molecule has 2 aromatic heterocycles. The van der Waals surface area contributed by atoms with E-state index in [1.807, 2.05) is 35.2 Å². The van der Waals surface area contributed by atoms with Crippen molar-refractivity contribution in [3.63, 3.8) is 0 Å². The van der Waals surface area contributed by atoms with Crippen molar-refractivity contribution in [2.75, 3.05) is 13.1 Å². The minimum absolute atomic E-state index is 0.0390. The minimum atomic E-state index is -5.08. The van der Waals surface area contributed by atoms with Crippen LogP contribution < -0.4 is 0 Å². The molecule has 32 heavy (non-hydrogen) atoms. The van der Waals surface area contributed by atoms with Crippen molar-refractivity contribution in [2.45, 2.75) is 32.4 Å². The molecular weight excluding hydrogens is 425 g/mol. The molecular formula is C22H21F3N4O3. The van der Waals surface area contributed by atoms with E-state index < -0.39 is 12.1 Å². The number of carbonyl (C=O) groups is 2. The number of fused-ring (bicyclic) bond motifs is 2. The van der Waals surface area contributed by atoms with Gasteiger partial charge in [0.2, 0.25) is 0 Å². The van der Waals surface area contributed by atoms with E-state index in [-0.39, 0.29) is 5.91 Å². The molecule has 7 nitrogen and oxygen atoms in total. The van der Waals surface area contributed by atoms with Gasteiger partial charge in [0.05, 0.1) is 11.1 Å². The summed E-state index contributed by atoms with van der Waals surface area (Å²) >= 11 is 0. The molecule has 0 unspecified atom stereocenters. The second-order valence-corrected chi connectivity index (χ2v) is 7.11. The second kappa shape index (κ2) is 9.71. The molecule has 0 saturated carbocycles. The number of hydrogen-bond donors (Lipinski definition) is 1. The van der Waals surface area contributed by atoms with Gasteiger partial charge in [-0.15, -0.1) is 0 Å². The van der Waals surface area contributed by atoms with Crippen molar-refractivity contribution in [2.24, 2.45) is 0 Å². The van der Waals surface area contributed by atoms with Crippen LogP contribution in [0.4, 0.5) is 13.2 Å². The Kier molecular flexibility index (Phi) is 7.01. The van der Waals surface area contributed by atoms with Crippen molar-refractivity contribution >= 4 is 22.8 Å². The van der Waals surface area contributed by atoms with E-state index in [0.717, 1.165) is 41.6 Å². The largest absolute Gasteiger partial charge is 0.490 e. The van der Waals surface area contributed by atoms with Crippen LogP contribution in [0.15, 0.2) is 42.9 Å². The SMILES string of the molecule is CCc1ncnc2c1CCN(C(=O)c1cnc3ccccc3c1)CC2.O=C(O)C(F)(F)F. The van der Waals surface area contributed by atoms with Crippen LogP contribution in [0.25, 0.3) is 10.9 Å². The Morgan fingerprint density at radius 3 is 2.47 bits per heavy atom. The molecule has 1 aromatic carbocycles. The summed E-state index contributed by atoms with van der Waals surface area (Å²) in [4.78, 5) is 37.0. The smallest absolute Gasteiger partial charge is 0.475 e. The molecule has 1 N–H and O–H groups in total. The Hall–Kier alpha value is -3.56. The first-order valence-corrected chi connectivity index (χ1v) is 9.96. The van der Waals surface area contributed by atoms with Crippen molar-refractivity contribution in [3.8, 4) is 0 Å². The maximum Gasteiger partial charge on any atom is 0.490 e. The molecule has 0 aliphatic carbocycles. The number of aliphatic carboxylic acids is 1. The van der Waals surface area contributed by atoms with Crippen LogP contribution >= 0.6 is 0 Å². The zero-order valence-corrected chi connectivity index (χ0v) is 17.3. The van der Waals surface area contributed by atoms with Gasteiger partial charge in [-0.2, -0.15) is 13.2 Å². The first-order valence-electron chi connectivity index (χ1n) is 9.96. The summed E-state index contributed by atoms with van der Waals surface area (Å²) < 4.78 is 31.7. The van der Waals surface area contributed by atoms with Crippen LogP contribution in [0, 0.1) is 0 Å². The number of aromatic nitrogens is 3. The molecule has 4 rings (SSSR count). The number of alkyl halides is 3. The number of carboxylic acids is 1. The average molecular weight is 446 g/mol. The summed E-state index contributed by atoms with van der Waals surface area (Å²) in [6, 6.07) is 9.79. The van der Waals surface area contributed by atoms with Gasteiger partial charge in [-0.25, -0.2) is 14.8 Å². The Balaban J connectivity index is 0.000000360. The normalized spacial score (nSPS) is 13.6. The second-order valence-electron chi connectivity index (χ2n) is 7.11. The topological polar surface area (TPSA) is 96.3 Å². The number of halogens is 3. The fourth-order valence-corrected chi connectivity index (χ4v) is 3.47. The van der Waals surface area contributed by atoms with Gasteiger partial charge in [-0.3, -0.25) is 9.78 Å². The fraction of sp³-hybridized carbons (Fsp3) is 0.318. The van der Waals surface area contributed by atoms with Crippen molar-refractivity contribution in [1.29, 1.82) is 0 Å². The highest BCUT2D eigenvalue weighted by atomic mass is 19.4. The number of benzene rings is 1. The monoisotopic (exact) mass is 446 g/mol. The van der Waals surface area contributed by atoms with Crippen molar-refractivity contribution < 1.29 is 27.9 Å². The highest BCUT2D eigenvalue weighted by molar-refractivity contribution is 5.97. The zero-order valence-electron chi connectivity index (χ0n) is 17.3. The lowest BCUT2D eigenvalue weighted by Gasteiger charge is -2.20. The number of aryl methyl sites for hydroxylation is 1. The Labute approximate surface area is 181 Å². The molecule has 0 saturated heterocycles. The Morgan fingerprint density at radius 2 is 1.78 bits per heavy atom. The summed E-state index contributed by atoms with van der Waals surface area (Å²) in [5.74, 6) is -2.72. The predicted molar refractivity (Wildman–Crippen MR) is 110 cm³/mol. The van der Waals surface area contributed by atoms with Crippen LogP contribution in [0.2, 0.25) is 0 Å². The number of amides is 1. The standard InChI is InChI=1S/C20H20N4O.C2HF3O2/c1-2-17-16-7-9-24(10-8-19(16)23-13-22-17)20(25)15-11-14-5-3-4-6-18(14)21-12-15;3-2(4,5)1(6)7/h3-6,11-13H,2,7-10H2,1H3;(H,6,7). The number of carboxylic acid groups (broad SMARTS) is 1. The summed E-state index contributed by atoms with van der Waals surface area (Å²) in [6.45, 7) is 3.48. The summed E-state index contributed by atoms with van der Waals surface area (Å²) in [7, 11) is 0. The van der Waals surface area contributed by atoms with E-state index in [9.17, 15) is 18.0 Å². The fourth-order valence-electron chi connectivity index (χ4n) is 3.47.